The molecule has 2 aromatic heterocycles. The Bertz CT molecular complexity index is 3440. The lowest BCUT2D eigenvalue weighted by Crippen LogP contribution is -2.25. The fourth-order valence-corrected chi connectivity index (χ4v) is 10.4. The number of fused-ring (bicyclic) bond motifs is 15. The van der Waals surface area contributed by atoms with Crippen LogP contribution in [0.15, 0.2) is 206 Å². The highest BCUT2D eigenvalue weighted by atomic mass is 15.0. The lowest BCUT2D eigenvalue weighted by molar-refractivity contribution is 0.794. The molecule has 0 radical (unpaired) electrons. The van der Waals surface area contributed by atoms with Crippen LogP contribution in [0.4, 0.5) is 0 Å². The monoisotopic (exact) mass is 762 g/mol. The van der Waals surface area contributed by atoms with E-state index >= 15 is 0 Å². The Morgan fingerprint density at radius 3 is 1.53 bits per heavy atom. The molecule has 0 saturated carbocycles. The molecule has 0 atom stereocenters. The molecule has 11 aromatic rings. The van der Waals surface area contributed by atoms with Crippen LogP contribution in [0, 0.1) is 0 Å². The van der Waals surface area contributed by atoms with Crippen LogP contribution in [-0.2, 0) is 5.41 Å². The predicted molar refractivity (Wildman–Crippen MR) is 244 cm³/mol. The Morgan fingerprint density at radius 2 is 0.867 bits per heavy atom. The average Bonchev–Trinajstić information content (AvgIpc) is 3.93. The Hall–Kier alpha value is -7.95. The summed E-state index contributed by atoms with van der Waals surface area (Å²) in [6.45, 7) is 0. The molecular weight excluding hydrogens is 729 g/mol. The molecule has 278 valence electrons. The number of rotatable bonds is 4. The van der Waals surface area contributed by atoms with Gasteiger partial charge in [-0.25, -0.2) is 15.0 Å². The maximum atomic E-state index is 5.00. The van der Waals surface area contributed by atoms with E-state index in [1.165, 1.54) is 66.3 Å². The number of hydrogen-bond acceptors (Lipinski definition) is 3. The van der Waals surface area contributed by atoms with Gasteiger partial charge < -0.3 is 4.57 Å². The van der Waals surface area contributed by atoms with Gasteiger partial charge in [0.25, 0.3) is 0 Å². The zero-order valence-electron chi connectivity index (χ0n) is 32.4. The van der Waals surface area contributed by atoms with Crippen molar-refractivity contribution in [2.75, 3.05) is 0 Å². The van der Waals surface area contributed by atoms with E-state index in [0.29, 0.717) is 17.5 Å². The van der Waals surface area contributed by atoms with E-state index in [1.807, 2.05) is 60.7 Å². The summed E-state index contributed by atoms with van der Waals surface area (Å²) < 4.78 is 2.45. The topological polar surface area (TPSA) is 43.6 Å². The summed E-state index contributed by atoms with van der Waals surface area (Å²) in [5, 5.41) is 4.82. The molecule has 0 aliphatic heterocycles. The second-order valence-electron chi connectivity index (χ2n) is 15.9. The van der Waals surface area contributed by atoms with Crippen LogP contribution < -0.4 is 0 Å². The highest BCUT2D eigenvalue weighted by Gasteiger charge is 2.52. The largest absolute Gasteiger partial charge is 0.309 e. The Morgan fingerprint density at radius 1 is 0.350 bits per heavy atom. The minimum Gasteiger partial charge on any atom is -0.309 e. The maximum absolute atomic E-state index is 5.00. The molecule has 60 heavy (non-hydrogen) atoms. The van der Waals surface area contributed by atoms with E-state index in [1.54, 1.807) is 0 Å². The normalized spacial score (nSPS) is 13.1. The van der Waals surface area contributed by atoms with Crippen molar-refractivity contribution < 1.29 is 0 Å². The predicted octanol–water partition coefficient (Wildman–Crippen LogP) is 13.5. The third kappa shape index (κ3) is 4.53. The summed E-state index contributed by atoms with van der Waals surface area (Å²) in [5.41, 5.74) is 16.7. The van der Waals surface area contributed by atoms with Crippen molar-refractivity contribution in [3.8, 4) is 62.1 Å². The summed E-state index contributed by atoms with van der Waals surface area (Å²) in [7, 11) is 0. The van der Waals surface area contributed by atoms with Gasteiger partial charge in [0.2, 0.25) is 0 Å². The third-order valence-electron chi connectivity index (χ3n) is 12.8. The molecule has 13 rings (SSSR count). The standard InChI is InChI=1S/C56H34N4/c1-3-15-35(16-4-1)53-57-54(36-17-5-2-6-18-36)59-55(58-53)39-28-27-38-34-40(30-29-37(38)33-39)60-49-26-14-10-22-44(49)52-50(60)32-31-48-51(52)43-21-9-13-25-47(43)56(48)45-23-11-7-19-41(45)42-20-8-12-24-46(42)56/h1-34H. The van der Waals surface area contributed by atoms with Gasteiger partial charge in [0.05, 0.1) is 16.4 Å². The summed E-state index contributed by atoms with van der Waals surface area (Å²) in [6.07, 6.45) is 0. The number of aromatic nitrogens is 4. The molecule has 4 nitrogen and oxygen atoms in total. The Labute approximate surface area is 346 Å². The average molecular weight is 763 g/mol. The van der Waals surface area contributed by atoms with Gasteiger partial charge in [-0.2, -0.15) is 0 Å². The first-order valence-corrected chi connectivity index (χ1v) is 20.5. The van der Waals surface area contributed by atoms with Crippen LogP contribution in [0.1, 0.15) is 22.3 Å². The van der Waals surface area contributed by atoms with Crippen molar-refractivity contribution in [1.82, 2.24) is 19.5 Å². The molecule has 0 fully saturated rings. The minimum atomic E-state index is -0.389. The SMILES string of the molecule is c1ccc(-c2nc(-c3ccccc3)nc(-c3ccc4cc(-n5c6ccccc6c6c7c(ccc65)C5(c6ccccc6-c6ccccc65)c5ccccc5-7)ccc4c3)n2)cc1. The molecule has 0 N–H and O–H groups in total. The van der Waals surface area contributed by atoms with Crippen LogP contribution in [0.5, 0.6) is 0 Å². The highest BCUT2D eigenvalue weighted by molar-refractivity contribution is 6.19. The molecular formula is C56H34N4. The zero-order chi connectivity index (χ0) is 39.4. The Balaban J connectivity index is 0.992. The Kier molecular flexibility index (Phi) is 6.90. The fourth-order valence-electron chi connectivity index (χ4n) is 10.4. The first kappa shape index (κ1) is 33.1. The van der Waals surface area contributed by atoms with Crippen molar-refractivity contribution >= 4 is 32.6 Å². The van der Waals surface area contributed by atoms with E-state index in [9.17, 15) is 0 Å². The number of hydrogen-bond donors (Lipinski definition) is 0. The molecule has 0 saturated heterocycles. The lowest BCUT2D eigenvalue weighted by atomic mass is 9.70. The van der Waals surface area contributed by atoms with Crippen LogP contribution in [0.25, 0.3) is 94.7 Å². The minimum absolute atomic E-state index is 0.389. The molecule has 0 amide bonds. The number of para-hydroxylation sites is 1. The first-order chi connectivity index (χ1) is 29.8. The molecule has 1 spiro atoms. The van der Waals surface area contributed by atoms with Gasteiger partial charge in [0.15, 0.2) is 17.5 Å². The van der Waals surface area contributed by atoms with Gasteiger partial charge in [0.1, 0.15) is 0 Å². The van der Waals surface area contributed by atoms with Crippen LogP contribution >= 0.6 is 0 Å². The van der Waals surface area contributed by atoms with Crippen molar-refractivity contribution in [2.45, 2.75) is 5.41 Å². The molecule has 9 aromatic carbocycles. The molecule has 2 aliphatic carbocycles. The maximum Gasteiger partial charge on any atom is 0.164 e. The molecule has 0 unspecified atom stereocenters. The van der Waals surface area contributed by atoms with Crippen LogP contribution in [0.3, 0.4) is 0 Å². The molecule has 2 aliphatic rings. The van der Waals surface area contributed by atoms with Gasteiger partial charge in [-0.05, 0) is 85.6 Å². The van der Waals surface area contributed by atoms with E-state index in [0.717, 1.165) is 33.2 Å². The van der Waals surface area contributed by atoms with Crippen molar-refractivity contribution in [1.29, 1.82) is 0 Å². The molecule has 0 bridgehead atoms. The van der Waals surface area contributed by atoms with Gasteiger partial charge in [0, 0.05) is 33.2 Å². The van der Waals surface area contributed by atoms with Gasteiger partial charge in [-0.3, -0.25) is 0 Å². The quantitative estimate of drug-likeness (QED) is 0.179. The highest BCUT2D eigenvalue weighted by Crippen LogP contribution is 2.64. The summed E-state index contributed by atoms with van der Waals surface area (Å²) >= 11 is 0. The second-order valence-corrected chi connectivity index (χ2v) is 15.9. The van der Waals surface area contributed by atoms with E-state index < -0.39 is 0 Å². The number of benzene rings is 9. The van der Waals surface area contributed by atoms with E-state index in [-0.39, 0.29) is 5.41 Å². The van der Waals surface area contributed by atoms with E-state index in [2.05, 4.69) is 150 Å². The van der Waals surface area contributed by atoms with Gasteiger partial charge in [-0.1, -0.05) is 176 Å². The fraction of sp³-hybridized carbons (Fsp3) is 0.0179. The van der Waals surface area contributed by atoms with E-state index in [4.69, 9.17) is 15.0 Å². The second kappa shape index (κ2) is 12.5. The first-order valence-electron chi connectivity index (χ1n) is 20.5. The number of nitrogens with zero attached hydrogens (tertiary/aromatic N) is 4. The lowest BCUT2D eigenvalue weighted by Gasteiger charge is -2.30. The van der Waals surface area contributed by atoms with Crippen LogP contribution in [0.2, 0.25) is 0 Å². The van der Waals surface area contributed by atoms with Crippen molar-refractivity contribution in [2.24, 2.45) is 0 Å². The van der Waals surface area contributed by atoms with Gasteiger partial charge >= 0.3 is 0 Å². The summed E-state index contributed by atoms with van der Waals surface area (Å²) in [4.78, 5) is 14.9. The third-order valence-corrected chi connectivity index (χ3v) is 12.8. The van der Waals surface area contributed by atoms with Gasteiger partial charge in [-0.15, -0.1) is 0 Å². The molecule has 2 heterocycles. The molecule has 4 heteroatoms. The summed E-state index contributed by atoms with van der Waals surface area (Å²) in [6, 6.07) is 74.4. The van der Waals surface area contributed by atoms with Crippen molar-refractivity contribution in [3.05, 3.63) is 229 Å². The smallest absolute Gasteiger partial charge is 0.164 e. The zero-order valence-corrected chi connectivity index (χ0v) is 32.4. The summed E-state index contributed by atoms with van der Waals surface area (Å²) in [5.74, 6) is 1.96. The van der Waals surface area contributed by atoms with Crippen LogP contribution in [-0.4, -0.2) is 19.5 Å². The van der Waals surface area contributed by atoms with Crippen molar-refractivity contribution in [3.63, 3.8) is 0 Å².